The highest BCUT2D eigenvalue weighted by Gasteiger charge is 2.32. The summed E-state index contributed by atoms with van der Waals surface area (Å²) in [6, 6.07) is 4.32. The second-order valence-corrected chi connectivity index (χ2v) is 6.70. The number of hydrogen-bond donors (Lipinski definition) is 0. The van der Waals surface area contributed by atoms with Crippen molar-refractivity contribution in [2.45, 2.75) is 18.1 Å². The molecule has 126 valence electrons. The van der Waals surface area contributed by atoms with Crippen LogP contribution in [0.2, 0.25) is 0 Å². The van der Waals surface area contributed by atoms with Crippen molar-refractivity contribution in [3.8, 4) is 11.4 Å². The summed E-state index contributed by atoms with van der Waals surface area (Å²) in [5.74, 6) is 0.756. The van der Waals surface area contributed by atoms with Crippen LogP contribution in [0.3, 0.4) is 0 Å². The topological polar surface area (TPSA) is 66.7 Å². The molecule has 3 aromatic rings. The van der Waals surface area contributed by atoms with Gasteiger partial charge in [0.25, 0.3) is 5.03 Å². The van der Waals surface area contributed by atoms with E-state index < -0.39 is 22.9 Å². The molecule has 0 aliphatic carbocycles. The van der Waals surface area contributed by atoms with Gasteiger partial charge >= 0.3 is 6.18 Å². The molecule has 3 aromatic heterocycles. The first-order valence-electron chi connectivity index (χ1n) is 7.06. The molecule has 0 N–H and O–H groups in total. The fraction of sp³-hybridized carbons (Fsp3) is 0.267. The zero-order chi connectivity index (χ0) is 17.5. The van der Waals surface area contributed by atoms with Gasteiger partial charge < -0.3 is 9.12 Å². The minimum absolute atomic E-state index is 0.124. The number of hydrogen-bond acceptors (Lipinski definition) is 4. The Balaban J connectivity index is 2.20. The average molecular weight is 354 g/mol. The standard InChI is InChI=1S/C15H13F3N4OS/c1-3-24(23)14-10(5-4-6-19-14)12-21-11-7-9(15(16,17)18)8-20-13(11)22(12)2/h4-8H,3H2,1-2H3. The van der Waals surface area contributed by atoms with E-state index in [2.05, 4.69) is 15.0 Å². The minimum Gasteiger partial charge on any atom is -0.610 e. The number of pyridine rings is 2. The smallest absolute Gasteiger partial charge is 0.417 e. The van der Waals surface area contributed by atoms with Gasteiger partial charge in [0, 0.05) is 30.6 Å². The van der Waals surface area contributed by atoms with E-state index in [1.54, 1.807) is 30.7 Å². The van der Waals surface area contributed by atoms with Crippen LogP contribution in [0, 0.1) is 0 Å². The first-order valence-corrected chi connectivity index (χ1v) is 8.38. The number of alkyl halides is 3. The zero-order valence-electron chi connectivity index (χ0n) is 12.8. The number of aromatic nitrogens is 4. The van der Waals surface area contributed by atoms with Crippen molar-refractivity contribution in [3.05, 3.63) is 36.2 Å². The van der Waals surface area contributed by atoms with E-state index >= 15 is 0 Å². The van der Waals surface area contributed by atoms with Crippen molar-refractivity contribution in [1.82, 2.24) is 19.5 Å². The predicted molar refractivity (Wildman–Crippen MR) is 83.7 cm³/mol. The highest BCUT2D eigenvalue weighted by atomic mass is 32.2. The van der Waals surface area contributed by atoms with E-state index in [1.165, 1.54) is 6.20 Å². The van der Waals surface area contributed by atoms with Gasteiger partial charge in [-0.1, -0.05) is 0 Å². The summed E-state index contributed by atoms with van der Waals surface area (Å²) < 4.78 is 52.3. The quantitative estimate of drug-likeness (QED) is 0.678. The first kappa shape index (κ1) is 16.7. The molecular weight excluding hydrogens is 341 g/mol. The van der Waals surface area contributed by atoms with Gasteiger partial charge in [-0.05, 0) is 25.1 Å². The Labute approximate surface area is 138 Å². The molecule has 0 bridgehead atoms. The van der Waals surface area contributed by atoms with E-state index in [0.717, 1.165) is 12.3 Å². The molecule has 0 saturated carbocycles. The first-order chi connectivity index (χ1) is 11.3. The Morgan fingerprint density at radius 3 is 2.71 bits per heavy atom. The van der Waals surface area contributed by atoms with Crippen LogP contribution in [0.1, 0.15) is 12.5 Å². The Morgan fingerprint density at radius 2 is 2.04 bits per heavy atom. The van der Waals surface area contributed by atoms with Crippen LogP contribution in [0.25, 0.3) is 22.6 Å². The molecule has 24 heavy (non-hydrogen) atoms. The molecule has 0 aromatic carbocycles. The molecule has 1 atom stereocenters. The molecule has 0 radical (unpaired) electrons. The summed E-state index contributed by atoms with van der Waals surface area (Å²) in [7, 11) is 1.65. The van der Waals surface area contributed by atoms with Crippen LogP contribution >= 0.6 is 0 Å². The lowest BCUT2D eigenvalue weighted by atomic mass is 10.2. The van der Waals surface area contributed by atoms with E-state index in [0.29, 0.717) is 27.8 Å². The SMILES string of the molecule is CC[S+]([O-])c1ncccc1-c1nc2cc(C(F)(F)F)cnc2n1C. The van der Waals surface area contributed by atoms with Gasteiger partial charge in [-0.3, -0.25) is 0 Å². The third-order valence-electron chi connectivity index (χ3n) is 3.53. The second kappa shape index (κ2) is 6.06. The molecule has 9 heteroatoms. The summed E-state index contributed by atoms with van der Waals surface area (Å²) in [5.41, 5.74) is 0.101. The lowest BCUT2D eigenvalue weighted by molar-refractivity contribution is -0.137. The maximum absolute atomic E-state index is 12.8. The lowest BCUT2D eigenvalue weighted by Gasteiger charge is -2.10. The minimum atomic E-state index is -4.48. The van der Waals surface area contributed by atoms with E-state index in [1.807, 2.05) is 0 Å². The molecule has 0 spiro atoms. The number of halogens is 3. The maximum Gasteiger partial charge on any atom is 0.417 e. The molecule has 0 fully saturated rings. The molecule has 3 heterocycles. The van der Waals surface area contributed by atoms with Crippen LogP contribution in [0.15, 0.2) is 35.6 Å². The van der Waals surface area contributed by atoms with Crippen LogP contribution < -0.4 is 0 Å². The van der Waals surface area contributed by atoms with Crippen LogP contribution in [0.4, 0.5) is 13.2 Å². The monoisotopic (exact) mass is 354 g/mol. The van der Waals surface area contributed by atoms with E-state index in [9.17, 15) is 17.7 Å². The van der Waals surface area contributed by atoms with Crippen molar-refractivity contribution >= 4 is 22.3 Å². The average Bonchev–Trinajstić information content (AvgIpc) is 2.89. The molecule has 0 aliphatic rings. The van der Waals surface area contributed by atoms with Crippen molar-refractivity contribution in [3.63, 3.8) is 0 Å². The Bertz CT molecular complexity index is 894. The van der Waals surface area contributed by atoms with Crippen LogP contribution in [-0.4, -0.2) is 29.8 Å². The van der Waals surface area contributed by atoms with Gasteiger partial charge in [0.2, 0.25) is 0 Å². The van der Waals surface area contributed by atoms with Crippen molar-refractivity contribution in [2.24, 2.45) is 7.05 Å². The van der Waals surface area contributed by atoms with E-state index in [-0.39, 0.29) is 5.52 Å². The molecule has 1 unspecified atom stereocenters. The Kier molecular flexibility index (Phi) is 4.22. The number of fused-ring (bicyclic) bond motifs is 1. The van der Waals surface area contributed by atoms with Gasteiger partial charge in [0.1, 0.15) is 17.1 Å². The van der Waals surface area contributed by atoms with Gasteiger partial charge in [0.15, 0.2) is 5.65 Å². The summed E-state index contributed by atoms with van der Waals surface area (Å²) in [6.45, 7) is 1.76. The van der Waals surface area contributed by atoms with Crippen molar-refractivity contribution in [2.75, 3.05) is 5.75 Å². The molecule has 3 rings (SSSR count). The summed E-state index contributed by atoms with van der Waals surface area (Å²) in [5, 5.41) is 0.356. The summed E-state index contributed by atoms with van der Waals surface area (Å²) in [4.78, 5) is 12.3. The number of rotatable bonds is 3. The molecule has 0 aliphatic heterocycles. The molecule has 5 nitrogen and oxygen atoms in total. The largest absolute Gasteiger partial charge is 0.610 e. The van der Waals surface area contributed by atoms with Gasteiger partial charge in [0.05, 0.1) is 11.1 Å². The van der Waals surface area contributed by atoms with Gasteiger partial charge in [-0.25, -0.2) is 15.0 Å². The van der Waals surface area contributed by atoms with Gasteiger partial charge in [-0.2, -0.15) is 13.2 Å². The molecule has 0 saturated heterocycles. The number of imidazole rings is 1. The van der Waals surface area contributed by atoms with E-state index in [4.69, 9.17) is 0 Å². The van der Waals surface area contributed by atoms with Gasteiger partial charge in [-0.15, -0.1) is 0 Å². The normalized spacial score (nSPS) is 13.4. The third kappa shape index (κ3) is 2.84. The second-order valence-electron chi connectivity index (χ2n) is 5.05. The van der Waals surface area contributed by atoms with Crippen molar-refractivity contribution < 1.29 is 17.7 Å². The fourth-order valence-electron chi connectivity index (χ4n) is 2.35. The highest BCUT2D eigenvalue weighted by Crippen LogP contribution is 2.32. The molecular formula is C15H13F3N4OS. The maximum atomic E-state index is 12.8. The summed E-state index contributed by atoms with van der Waals surface area (Å²) in [6.07, 6.45) is -2.18. The number of nitrogens with zero attached hydrogens (tertiary/aromatic N) is 4. The van der Waals surface area contributed by atoms with Crippen LogP contribution in [-0.2, 0) is 24.4 Å². The van der Waals surface area contributed by atoms with Crippen molar-refractivity contribution in [1.29, 1.82) is 0 Å². The fourth-order valence-corrected chi connectivity index (χ4v) is 3.21. The van der Waals surface area contributed by atoms with Crippen LogP contribution in [0.5, 0.6) is 0 Å². The number of aryl methyl sites for hydroxylation is 1. The Hall–Kier alpha value is -2.13. The lowest BCUT2D eigenvalue weighted by Crippen LogP contribution is -2.09. The predicted octanol–water partition coefficient (Wildman–Crippen LogP) is 3.18. The highest BCUT2D eigenvalue weighted by molar-refractivity contribution is 7.91. The Morgan fingerprint density at radius 1 is 1.29 bits per heavy atom. The zero-order valence-corrected chi connectivity index (χ0v) is 13.6. The summed E-state index contributed by atoms with van der Waals surface area (Å²) >= 11 is -1.32. The molecule has 0 amide bonds. The third-order valence-corrected chi connectivity index (χ3v) is 4.81.